The maximum Gasteiger partial charge on any atom is 0.293 e. The van der Waals surface area contributed by atoms with Gasteiger partial charge in [0.1, 0.15) is 5.82 Å². The molecule has 0 unspecified atom stereocenters. The number of amides is 2. The van der Waals surface area contributed by atoms with Gasteiger partial charge in [-0.3, -0.25) is 14.5 Å². The van der Waals surface area contributed by atoms with Crippen molar-refractivity contribution in [2.45, 2.75) is 13.5 Å². The molecule has 0 aliphatic carbocycles. The highest BCUT2D eigenvalue weighted by molar-refractivity contribution is 8.18. The lowest BCUT2D eigenvalue weighted by Crippen LogP contribution is -2.27. The fourth-order valence-electron chi connectivity index (χ4n) is 2.27. The summed E-state index contributed by atoms with van der Waals surface area (Å²) < 4.78 is 13.1. The third-order valence-corrected chi connectivity index (χ3v) is 4.85. The predicted octanol–water partition coefficient (Wildman–Crippen LogP) is 5.02. The quantitative estimate of drug-likeness (QED) is 0.720. The van der Waals surface area contributed by atoms with E-state index in [1.54, 1.807) is 6.08 Å². The van der Waals surface area contributed by atoms with Crippen LogP contribution in [0.1, 0.15) is 16.7 Å². The average molecular weight is 362 g/mol. The molecule has 24 heavy (non-hydrogen) atoms. The van der Waals surface area contributed by atoms with Crippen LogP contribution in [-0.4, -0.2) is 16.0 Å². The number of imide groups is 1. The molecular weight excluding hydrogens is 349 g/mol. The molecule has 0 saturated carbocycles. The Morgan fingerprint density at radius 2 is 1.88 bits per heavy atom. The van der Waals surface area contributed by atoms with Crippen LogP contribution in [0.15, 0.2) is 47.4 Å². The summed E-state index contributed by atoms with van der Waals surface area (Å²) >= 11 is 6.86. The van der Waals surface area contributed by atoms with Crippen LogP contribution in [0.4, 0.5) is 9.18 Å². The normalized spacial score (nSPS) is 16.3. The molecular formula is C18H13ClFNO2S. The molecule has 0 radical (unpaired) electrons. The number of benzene rings is 2. The summed E-state index contributed by atoms with van der Waals surface area (Å²) in [6.07, 6.45) is 1.69. The van der Waals surface area contributed by atoms with Crippen molar-refractivity contribution in [1.29, 1.82) is 0 Å². The number of carbonyl (C=O) groups is 2. The third-order valence-electron chi connectivity index (χ3n) is 3.59. The molecule has 0 aromatic heterocycles. The molecule has 0 spiro atoms. The molecule has 0 N–H and O–H groups in total. The van der Waals surface area contributed by atoms with Crippen molar-refractivity contribution in [2.75, 3.05) is 0 Å². The van der Waals surface area contributed by atoms with Crippen molar-refractivity contribution in [3.63, 3.8) is 0 Å². The summed E-state index contributed by atoms with van der Waals surface area (Å²) in [6.45, 7) is 2.00. The Morgan fingerprint density at radius 3 is 2.54 bits per heavy atom. The lowest BCUT2D eigenvalue weighted by molar-refractivity contribution is -0.123. The molecule has 2 aromatic rings. The first-order valence-electron chi connectivity index (χ1n) is 7.20. The molecule has 1 aliphatic rings. The summed E-state index contributed by atoms with van der Waals surface area (Å²) in [5.74, 6) is -0.830. The van der Waals surface area contributed by atoms with E-state index < -0.39 is 5.82 Å². The van der Waals surface area contributed by atoms with Gasteiger partial charge in [-0.05, 0) is 48.0 Å². The summed E-state index contributed by atoms with van der Waals surface area (Å²) in [6, 6.07) is 11.5. The van der Waals surface area contributed by atoms with Crippen LogP contribution in [0, 0.1) is 12.7 Å². The molecule has 1 fully saturated rings. The second kappa shape index (κ2) is 6.79. The number of rotatable bonds is 3. The number of hydrogen-bond donors (Lipinski definition) is 0. The molecule has 1 heterocycles. The van der Waals surface area contributed by atoms with E-state index in [2.05, 4.69) is 0 Å². The van der Waals surface area contributed by atoms with Crippen LogP contribution in [0.2, 0.25) is 5.02 Å². The first-order valence-corrected chi connectivity index (χ1v) is 8.39. The van der Waals surface area contributed by atoms with Crippen molar-refractivity contribution in [2.24, 2.45) is 0 Å². The van der Waals surface area contributed by atoms with Crippen molar-refractivity contribution >= 4 is 40.6 Å². The maximum atomic E-state index is 13.1. The molecule has 1 aliphatic heterocycles. The highest BCUT2D eigenvalue weighted by atomic mass is 35.5. The van der Waals surface area contributed by atoms with Crippen molar-refractivity contribution in [3.05, 3.63) is 74.9 Å². The Kier molecular flexibility index (Phi) is 4.73. The number of halogens is 2. The largest absolute Gasteiger partial charge is 0.293 e. The highest BCUT2D eigenvalue weighted by Crippen LogP contribution is 2.34. The molecule has 2 amide bonds. The van der Waals surface area contributed by atoms with Gasteiger partial charge in [0.2, 0.25) is 0 Å². The molecule has 1 saturated heterocycles. The van der Waals surface area contributed by atoms with E-state index in [0.717, 1.165) is 33.9 Å². The van der Waals surface area contributed by atoms with Gasteiger partial charge >= 0.3 is 0 Å². The molecule has 0 bridgehead atoms. The van der Waals surface area contributed by atoms with Gasteiger partial charge in [0, 0.05) is 5.02 Å². The molecule has 6 heteroatoms. The first-order chi connectivity index (χ1) is 11.4. The van der Waals surface area contributed by atoms with Crippen molar-refractivity contribution in [3.8, 4) is 0 Å². The fraction of sp³-hybridized carbons (Fsp3) is 0.111. The van der Waals surface area contributed by atoms with Crippen LogP contribution in [0.3, 0.4) is 0 Å². The zero-order chi connectivity index (χ0) is 17.3. The molecule has 0 atom stereocenters. The van der Waals surface area contributed by atoms with E-state index in [1.807, 2.05) is 31.2 Å². The smallest absolute Gasteiger partial charge is 0.268 e. The Labute approximate surface area is 148 Å². The van der Waals surface area contributed by atoms with Gasteiger partial charge in [-0.15, -0.1) is 0 Å². The van der Waals surface area contributed by atoms with Crippen LogP contribution in [0.5, 0.6) is 0 Å². The van der Waals surface area contributed by atoms with Gasteiger partial charge < -0.3 is 0 Å². The Hall–Kier alpha value is -2.11. The lowest BCUT2D eigenvalue weighted by atomic mass is 10.1. The Morgan fingerprint density at radius 1 is 1.17 bits per heavy atom. The summed E-state index contributed by atoms with van der Waals surface area (Å²) in [4.78, 5) is 26.1. The minimum absolute atomic E-state index is 0.0228. The van der Waals surface area contributed by atoms with Gasteiger partial charge in [0.05, 0.1) is 11.4 Å². The Balaban J connectivity index is 1.82. The van der Waals surface area contributed by atoms with Gasteiger partial charge in [-0.2, -0.15) is 0 Å². The van der Waals surface area contributed by atoms with Crippen LogP contribution in [-0.2, 0) is 11.3 Å². The summed E-state index contributed by atoms with van der Waals surface area (Å²) in [5, 5.41) is -0.171. The fourth-order valence-corrected chi connectivity index (χ4v) is 3.34. The van der Waals surface area contributed by atoms with Gasteiger partial charge in [-0.25, -0.2) is 4.39 Å². The minimum atomic E-state index is -0.461. The van der Waals surface area contributed by atoms with Crippen LogP contribution >= 0.6 is 23.4 Å². The van der Waals surface area contributed by atoms with E-state index in [9.17, 15) is 14.0 Å². The highest BCUT2D eigenvalue weighted by Gasteiger charge is 2.35. The SMILES string of the molecule is Cc1ccc(/C=C2\SC(=O)N(Cc3ccc(F)cc3Cl)C2=O)cc1. The number of carbonyl (C=O) groups excluding carboxylic acids is 2. The Bertz CT molecular complexity index is 849. The van der Waals surface area contributed by atoms with Gasteiger partial charge in [-0.1, -0.05) is 47.5 Å². The number of hydrogen-bond acceptors (Lipinski definition) is 3. The summed E-state index contributed by atoms with van der Waals surface area (Å²) in [7, 11) is 0. The summed E-state index contributed by atoms with van der Waals surface area (Å²) in [5.41, 5.74) is 2.49. The molecule has 3 nitrogen and oxygen atoms in total. The minimum Gasteiger partial charge on any atom is -0.268 e. The molecule has 122 valence electrons. The second-order valence-corrected chi connectivity index (χ2v) is 6.81. The van der Waals surface area contributed by atoms with E-state index in [-0.39, 0.29) is 22.7 Å². The lowest BCUT2D eigenvalue weighted by Gasteiger charge is -2.13. The average Bonchev–Trinajstić information content (AvgIpc) is 2.79. The van der Waals surface area contributed by atoms with Crippen molar-refractivity contribution in [1.82, 2.24) is 4.90 Å². The topological polar surface area (TPSA) is 37.4 Å². The van der Waals surface area contributed by atoms with Crippen LogP contribution in [0.25, 0.3) is 6.08 Å². The number of aryl methyl sites for hydroxylation is 1. The second-order valence-electron chi connectivity index (χ2n) is 5.41. The maximum absolute atomic E-state index is 13.1. The zero-order valence-electron chi connectivity index (χ0n) is 12.8. The number of nitrogens with zero attached hydrogens (tertiary/aromatic N) is 1. The monoisotopic (exact) mass is 361 g/mol. The van der Waals surface area contributed by atoms with Crippen molar-refractivity contribution < 1.29 is 14.0 Å². The van der Waals surface area contributed by atoms with E-state index in [0.29, 0.717) is 10.5 Å². The van der Waals surface area contributed by atoms with Gasteiger partial charge in [0.15, 0.2) is 0 Å². The number of thioether (sulfide) groups is 1. The first kappa shape index (κ1) is 16.7. The standard InChI is InChI=1S/C18H13ClFNO2S/c1-11-2-4-12(5-3-11)8-16-17(22)21(18(23)24-16)10-13-6-7-14(20)9-15(13)19/h2-9H,10H2,1H3/b16-8-. The molecule has 3 rings (SSSR count). The van der Waals surface area contributed by atoms with E-state index >= 15 is 0 Å². The van der Waals surface area contributed by atoms with Gasteiger partial charge in [0.25, 0.3) is 11.1 Å². The van der Waals surface area contributed by atoms with E-state index in [4.69, 9.17) is 11.6 Å². The van der Waals surface area contributed by atoms with Crippen LogP contribution < -0.4 is 0 Å². The third kappa shape index (κ3) is 3.52. The zero-order valence-corrected chi connectivity index (χ0v) is 14.3. The molecule has 2 aromatic carbocycles. The van der Waals surface area contributed by atoms with E-state index in [1.165, 1.54) is 12.1 Å². The predicted molar refractivity (Wildman–Crippen MR) is 94.1 cm³/mol.